The molecule has 0 radical (unpaired) electrons. The van der Waals surface area contributed by atoms with Crippen LogP contribution in [0.15, 0.2) is 29.3 Å². The van der Waals surface area contributed by atoms with Gasteiger partial charge in [-0.25, -0.2) is 0 Å². The van der Waals surface area contributed by atoms with Gasteiger partial charge in [0.15, 0.2) is 5.96 Å². The Morgan fingerprint density at radius 2 is 2.12 bits per heavy atom. The Morgan fingerprint density at radius 3 is 2.77 bits per heavy atom. The number of rotatable bonds is 7. The molecule has 146 valence electrons. The second-order valence-electron chi connectivity index (χ2n) is 6.64. The van der Waals surface area contributed by atoms with Gasteiger partial charge in [-0.15, -0.1) is 24.0 Å². The fourth-order valence-corrected chi connectivity index (χ4v) is 4.06. The van der Waals surface area contributed by atoms with E-state index in [4.69, 9.17) is 0 Å². The van der Waals surface area contributed by atoms with E-state index >= 15 is 0 Å². The summed E-state index contributed by atoms with van der Waals surface area (Å²) in [5.41, 5.74) is 1.76. The van der Waals surface area contributed by atoms with Gasteiger partial charge < -0.3 is 16.0 Å². The Morgan fingerprint density at radius 1 is 1.31 bits per heavy atom. The van der Waals surface area contributed by atoms with E-state index in [9.17, 15) is 4.79 Å². The summed E-state index contributed by atoms with van der Waals surface area (Å²) in [6.45, 7) is 6.61. The average Bonchev–Trinajstić information content (AvgIpc) is 3.07. The third-order valence-corrected chi connectivity index (χ3v) is 5.88. The number of thioether (sulfide) groups is 1. The Bertz CT molecular complexity index is 603. The highest BCUT2D eigenvalue weighted by molar-refractivity contribution is 14.0. The van der Waals surface area contributed by atoms with Crippen LogP contribution in [0.2, 0.25) is 0 Å². The maximum absolute atomic E-state index is 12.1. The van der Waals surface area contributed by atoms with Crippen LogP contribution in [-0.2, 0) is 6.54 Å². The third-order valence-electron chi connectivity index (χ3n) is 4.34. The lowest BCUT2D eigenvalue weighted by Crippen LogP contribution is -2.43. The van der Waals surface area contributed by atoms with E-state index in [-0.39, 0.29) is 29.9 Å². The molecule has 3 N–H and O–H groups in total. The Balaban J connectivity index is 0.00000338. The second-order valence-corrected chi connectivity index (χ2v) is 8.32. The second kappa shape index (κ2) is 11.7. The molecule has 1 aromatic carbocycles. The zero-order valence-electron chi connectivity index (χ0n) is 15.9. The van der Waals surface area contributed by atoms with E-state index in [2.05, 4.69) is 27.9 Å². The summed E-state index contributed by atoms with van der Waals surface area (Å²) in [5, 5.41) is 9.67. The maximum atomic E-state index is 12.1. The number of hydrogen-bond acceptors (Lipinski definition) is 3. The molecule has 0 spiro atoms. The van der Waals surface area contributed by atoms with Gasteiger partial charge in [-0.1, -0.05) is 19.1 Å². The number of nitrogens with zero attached hydrogens (tertiary/aromatic N) is 1. The van der Waals surface area contributed by atoms with Crippen molar-refractivity contribution in [2.24, 2.45) is 4.99 Å². The van der Waals surface area contributed by atoms with Crippen molar-refractivity contribution >= 4 is 47.6 Å². The monoisotopic (exact) mass is 490 g/mol. The minimum absolute atomic E-state index is 0. The van der Waals surface area contributed by atoms with Crippen LogP contribution in [0, 0.1) is 0 Å². The topological polar surface area (TPSA) is 65.5 Å². The van der Waals surface area contributed by atoms with Crippen LogP contribution >= 0.6 is 35.7 Å². The Labute approximate surface area is 178 Å². The largest absolute Gasteiger partial charge is 0.355 e. The van der Waals surface area contributed by atoms with Gasteiger partial charge >= 0.3 is 0 Å². The predicted molar refractivity (Wildman–Crippen MR) is 123 cm³/mol. The summed E-state index contributed by atoms with van der Waals surface area (Å²) in [4.78, 5) is 16.4. The van der Waals surface area contributed by atoms with Crippen LogP contribution in [0.25, 0.3) is 0 Å². The fourth-order valence-electron chi connectivity index (χ4n) is 2.82. The van der Waals surface area contributed by atoms with Crippen LogP contribution < -0.4 is 16.0 Å². The van der Waals surface area contributed by atoms with Crippen LogP contribution in [-0.4, -0.2) is 42.5 Å². The Hall–Kier alpha value is -0.960. The molecule has 0 aromatic heterocycles. The smallest absolute Gasteiger partial charge is 0.251 e. The molecule has 7 heteroatoms. The van der Waals surface area contributed by atoms with Crippen molar-refractivity contribution < 1.29 is 4.79 Å². The van der Waals surface area contributed by atoms with E-state index in [1.54, 1.807) is 7.05 Å². The summed E-state index contributed by atoms with van der Waals surface area (Å²) in [7, 11) is 1.79. The van der Waals surface area contributed by atoms with E-state index in [0.717, 1.165) is 24.5 Å². The number of aliphatic imine (C=N–C) groups is 1. The van der Waals surface area contributed by atoms with E-state index < -0.39 is 0 Å². The molecule has 1 amide bonds. The summed E-state index contributed by atoms with van der Waals surface area (Å²) < 4.78 is 0.300. The van der Waals surface area contributed by atoms with Gasteiger partial charge in [0.25, 0.3) is 5.91 Å². The molecule has 1 fully saturated rings. The standard InChI is InChI=1S/C19H30N4OS.HI/c1-4-10-21-17(24)16-8-5-7-15(12-16)13-22-18(20-3)23-14-19(2)9-6-11-25-19;/h5,7-8,12H,4,6,9-11,13-14H2,1-3H3,(H,21,24)(H2,20,22,23);1H. The fraction of sp³-hybridized carbons (Fsp3) is 0.579. The van der Waals surface area contributed by atoms with Crippen molar-refractivity contribution in [1.29, 1.82) is 0 Å². The molecule has 0 aliphatic carbocycles. The molecule has 0 bridgehead atoms. The first-order chi connectivity index (χ1) is 12.1. The minimum atomic E-state index is -0.0163. The molecule has 1 aliphatic rings. The van der Waals surface area contributed by atoms with Crippen LogP contribution in [0.3, 0.4) is 0 Å². The van der Waals surface area contributed by atoms with Crippen molar-refractivity contribution in [2.75, 3.05) is 25.9 Å². The highest BCUT2D eigenvalue weighted by atomic mass is 127. The lowest BCUT2D eigenvalue weighted by Gasteiger charge is -2.24. The number of nitrogens with one attached hydrogen (secondary N) is 3. The third kappa shape index (κ3) is 7.34. The zero-order chi connectivity index (χ0) is 18.1. The van der Waals surface area contributed by atoms with Crippen molar-refractivity contribution in [3.8, 4) is 0 Å². The first kappa shape index (κ1) is 23.1. The van der Waals surface area contributed by atoms with Crippen molar-refractivity contribution in [3.63, 3.8) is 0 Å². The van der Waals surface area contributed by atoms with Gasteiger partial charge in [0, 0.05) is 37.0 Å². The quantitative estimate of drug-likeness (QED) is 0.312. The predicted octanol–water partition coefficient (Wildman–Crippen LogP) is 3.40. The summed E-state index contributed by atoms with van der Waals surface area (Å²) in [5.74, 6) is 2.03. The number of benzene rings is 1. The molecule has 1 heterocycles. The van der Waals surface area contributed by atoms with Crippen molar-refractivity contribution in [3.05, 3.63) is 35.4 Å². The minimum Gasteiger partial charge on any atom is -0.355 e. The number of carbonyl (C=O) groups is 1. The highest BCUT2D eigenvalue weighted by Crippen LogP contribution is 2.36. The summed E-state index contributed by atoms with van der Waals surface area (Å²) >= 11 is 2.03. The molecular weight excluding hydrogens is 459 g/mol. The molecule has 0 saturated carbocycles. The summed E-state index contributed by atoms with van der Waals surface area (Å²) in [6, 6.07) is 7.72. The van der Waals surface area contributed by atoms with Gasteiger partial charge in [0.05, 0.1) is 0 Å². The number of hydrogen-bond donors (Lipinski definition) is 3. The zero-order valence-corrected chi connectivity index (χ0v) is 19.1. The number of guanidine groups is 1. The highest BCUT2D eigenvalue weighted by Gasteiger charge is 2.29. The van der Waals surface area contributed by atoms with Crippen LogP contribution in [0.5, 0.6) is 0 Å². The SMILES string of the molecule is CCCNC(=O)c1cccc(CNC(=NC)NCC2(C)CCCS2)c1.I. The van der Waals surface area contributed by atoms with Gasteiger partial charge in [0.1, 0.15) is 0 Å². The lowest BCUT2D eigenvalue weighted by atomic mass is 10.1. The van der Waals surface area contributed by atoms with E-state index in [0.29, 0.717) is 23.4 Å². The van der Waals surface area contributed by atoms with E-state index in [1.165, 1.54) is 18.6 Å². The van der Waals surface area contributed by atoms with Gasteiger partial charge in [0.2, 0.25) is 0 Å². The molecular formula is C19H31IN4OS. The Kier molecular flexibility index (Phi) is 10.4. The van der Waals surface area contributed by atoms with Gasteiger partial charge in [-0.2, -0.15) is 11.8 Å². The summed E-state index contributed by atoms with van der Waals surface area (Å²) in [6.07, 6.45) is 3.48. The maximum Gasteiger partial charge on any atom is 0.251 e. The van der Waals surface area contributed by atoms with Crippen LogP contribution in [0.1, 0.15) is 49.0 Å². The molecule has 1 saturated heterocycles. The molecule has 2 rings (SSSR count). The van der Waals surface area contributed by atoms with Crippen LogP contribution in [0.4, 0.5) is 0 Å². The lowest BCUT2D eigenvalue weighted by molar-refractivity contribution is 0.0953. The molecule has 1 aliphatic heterocycles. The molecule has 5 nitrogen and oxygen atoms in total. The first-order valence-corrected chi connectivity index (χ1v) is 10.0. The average molecular weight is 490 g/mol. The van der Waals surface area contributed by atoms with Gasteiger partial charge in [-0.3, -0.25) is 9.79 Å². The number of amides is 1. The molecule has 1 aromatic rings. The molecule has 1 unspecified atom stereocenters. The van der Waals surface area contributed by atoms with Crippen molar-refractivity contribution in [1.82, 2.24) is 16.0 Å². The van der Waals surface area contributed by atoms with Crippen molar-refractivity contribution in [2.45, 2.75) is 44.4 Å². The number of halogens is 1. The normalized spacial score (nSPS) is 19.6. The first-order valence-electron chi connectivity index (χ1n) is 9.02. The number of carbonyl (C=O) groups excluding carboxylic acids is 1. The van der Waals surface area contributed by atoms with Gasteiger partial charge in [-0.05, 0) is 49.6 Å². The molecule has 26 heavy (non-hydrogen) atoms. The van der Waals surface area contributed by atoms with E-state index in [1.807, 2.05) is 43.0 Å². The molecule has 1 atom stereocenters.